The molecular formula is C18H23ClN4O4. The zero-order valence-corrected chi connectivity index (χ0v) is 16.1. The van der Waals surface area contributed by atoms with Gasteiger partial charge in [0.25, 0.3) is 0 Å². The van der Waals surface area contributed by atoms with Crippen LogP contribution in [-0.4, -0.2) is 75.0 Å². The first-order valence-electron chi connectivity index (χ1n) is 8.46. The first-order chi connectivity index (χ1) is 12.8. The van der Waals surface area contributed by atoms with Gasteiger partial charge in [0.1, 0.15) is 5.15 Å². The fourth-order valence-corrected chi connectivity index (χ4v) is 3.01. The number of piperazine rings is 1. The summed E-state index contributed by atoms with van der Waals surface area (Å²) in [6.45, 7) is 7.32. The number of rotatable bonds is 3. The second-order valence-electron chi connectivity index (χ2n) is 6.29. The van der Waals surface area contributed by atoms with E-state index < -0.39 is 11.9 Å². The highest BCUT2D eigenvalue weighted by molar-refractivity contribution is 6.30. The Morgan fingerprint density at radius 2 is 1.63 bits per heavy atom. The molecule has 27 heavy (non-hydrogen) atoms. The molecule has 0 atom stereocenters. The van der Waals surface area contributed by atoms with E-state index in [1.807, 2.05) is 41.9 Å². The number of hydrogen-bond acceptors (Lipinski definition) is 5. The van der Waals surface area contributed by atoms with Crippen LogP contribution in [0, 0.1) is 6.92 Å². The van der Waals surface area contributed by atoms with Crippen molar-refractivity contribution in [2.24, 2.45) is 0 Å². The van der Waals surface area contributed by atoms with Gasteiger partial charge in [-0.05, 0) is 26.1 Å². The van der Waals surface area contributed by atoms with Crippen LogP contribution in [0.5, 0.6) is 0 Å². The average molecular weight is 395 g/mol. The second-order valence-corrected chi connectivity index (χ2v) is 6.65. The number of para-hydroxylation sites is 1. The smallest absolute Gasteiger partial charge is 0.414 e. The lowest BCUT2D eigenvalue weighted by Crippen LogP contribution is -2.43. The number of halogens is 1. The van der Waals surface area contributed by atoms with Crippen molar-refractivity contribution in [3.63, 3.8) is 0 Å². The van der Waals surface area contributed by atoms with Crippen molar-refractivity contribution in [3.05, 3.63) is 46.7 Å². The molecule has 0 radical (unpaired) electrons. The highest BCUT2D eigenvalue weighted by atomic mass is 35.5. The summed E-state index contributed by atoms with van der Waals surface area (Å²) in [4.78, 5) is 23.0. The van der Waals surface area contributed by atoms with Crippen LogP contribution < -0.4 is 0 Å². The van der Waals surface area contributed by atoms with E-state index in [2.05, 4.69) is 21.9 Å². The number of likely N-dealkylation sites (N-methyl/N-ethyl adjacent to an activating group) is 1. The summed E-state index contributed by atoms with van der Waals surface area (Å²) in [6, 6.07) is 10.1. The predicted octanol–water partition coefficient (Wildman–Crippen LogP) is 1.74. The summed E-state index contributed by atoms with van der Waals surface area (Å²) in [7, 11) is 2.17. The van der Waals surface area contributed by atoms with Crippen LogP contribution in [-0.2, 0) is 16.1 Å². The Bertz CT molecular complexity index is 774. The van der Waals surface area contributed by atoms with Gasteiger partial charge in [-0.2, -0.15) is 5.10 Å². The van der Waals surface area contributed by atoms with Gasteiger partial charge in [0.15, 0.2) is 0 Å². The molecule has 0 amide bonds. The molecule has 0 bridgehead atoms. The van der Waals surface area contributed by atoms with Gasteiger partial charge >= 0.3 is 11.9 Å². The van der Waals surface area contributed by atoms with E-state index in [4.69, 9.17) is 31.4 Å². The van der Waals surface area contributed by atoms with Gasteiger partial charge in [0, 0.05) is 38.3 Å². The van der Waals surface area contributed by atoms with Crippen LogP contribution in [0.2, 0.25) is 5.15 Å². The molecule has 146 valence electrons. The van der Waals surface area contributed by atoms with Crippen LogP contribution in [0.15, 0.2) is 30.3 Å². The number of hydrogen-bond donors (Lipinski definition) is 2. The van der Waals surface area contributed by atoms with Crippen LogP contribution in [0.3, 0.4) is 0 Å². The molecule has 2 aromatic rings. The fraction of sp³-hybridized carbons (Fsp3) is 0.389. The minimum Gasteiger partial charge on any atom is -0.473 e. The topological polar surface area (TPSA) is 98.9 Å². The Labute approximate surface area is 162 Å². The molecule has 1 aromatic heterocycles. The Hall–Kier alpha value is -2.42. The zero-order chi connectivity index (χ0) is 20.0. The molecule has 2 N–H and O–H groups in total. The van der Waals surface area contributed by atoms with Crippen molar-refractivity contribution in [2.45, 2.75) is 13.5 Å². The Balaban J connectivity index is 0.000000380. The van der Waals surface area contributed by atoms with Crippen molar-refractivity contribution in [2.75, 3.05) is 33.2 Å². The van der Waals surface area contributed by atoms with Crippen LogP contribution in [0.25, 0.3) is 5.69 Å². The Kier molecular flexibility index (Phi) is 7.35. The Morgan fingerprint density at radius 1 is 1.07 bits per heavy atom. The van der Waals surface area contributed by atoms with Gasteiger partial charge < -0.3 is 15.1 Å². The summed E-state index contributed by atoms with van der Waals surface area (Å²) < 4.78 is 1.84. The van der Waals surface area contributed by atoms with Crippen molar-refractivity contribution < 1.29 is 19.8 Å². The maximum absolute atomic E-state index is 9.10. The van der Waals surface area contributed by atoms with Crippen LogP contribution >= 0.6 is 11.6 Å². The van der Waals surface area contributed by atoms with E-state index in [1.54, 1.807) is 0 Å². The van der Waals surface area contributed by atoms with Crippen molar-refractivity contribution in [1.82, 2.24) is 19.6 Å². The molecule has 3 rings (SSSR count). The molecule has 1 aliphatic rings. The lowest BCUT2D eigenvalue weighted by molar-refractivity contribution is -0.159. The molecule has 1 fully saturated rings. The molecule has 1 aliphatic heterocycles. The fourth-order valence-electron chi connectivity index (χ4n) is 2.68. The van der Waals surface area contributed by atoms with E-state index in [0.29, 0.717) is 0 Å². The first kappa shape index (κ1) is 20.9. The maximum Gasteiger partial charge on any atom is 0.414 e. The van der Waals surface area contributed by atoms with E-state index >= 15 is 0 Å². The summed E-state index contributed by atoms with van der Waals surface area (Å²) in [6.07, 6.45) is 0. The highest BCUT2D eigenvalue weighted by Gasteiger charge is 2.20. The van der Waals surface area contributed by atoms with Crippen molar-refractivity contribution in [3.8, 4) is 5.69 Å². The normalized spacial score (nSPS) is 15.1. The lowest BCUT2D eigenvalue weighted by Gasteiger charge is -2.32. The SMILES string of the molecule is Cc1nn(-c2ccccc2)c(Cl)c1CN1CCN(C)CC1.O=C(O)C(=O)O. The summed E-state index contributed by atoms with van der Waals surface area (Å²) in [5.74, 6) is -3.65. The monoisotopic (exact) mass is 394 g/mol. The summed E-state index contributed by atoms with van der Waals surface area (Å²) in [5, 5.41) is 20.1. The highest BCUT2D eigenvalue weighted by Crippen LogP contribution is 2.25. The number of carboxylic acids is 2. The minimum atomic E-state index is -1.82. The molecule has 8 nitrogen and oxygen atoms in total. The number of carbonyl (C=O) groups is 2. The molecule has 9 heteroatoms. The summed E-state index contributed by atoms with van der Waals surface area (Å²) in [5.41, 5.74) is 3.17. The molecule has 1 aromatic carbocycles. The van der Waals surface area contributed by atoms with E-state index in [9.17, 15) is 0 Å². The van der Waals surface area contributed by atoms with Crippen molar-refractivity contribution in [1.29, 1.82) is 0 Å². The molecule has 1 saturated heterocycles. The average Bonchev–Trinajstić information content (AvgIpc) is 2.93. The number of nitrogens with zero attached hydrogens (tertiary/aromatic N) is 4. The van der Waals surface area contributed by atoms with Crippen LogP contribution in [0.1, 0.15) is 11.3 Å². The van der Waals surface area contributed by atoms with Gasteiger partial charge in [-0.1, -0.05) is 29.8 Å². The number of carboxylic acid groups (broad SMARTS) is 2. The number of aromatic nitrogens is 2. The van der Waals surface area contributed by atoms with E-state index in [-0.39, 0.29) is 0 Å². The molecule has 0 unspecified atom stereocenters. The van der Waals surface area contributed by atoms with Gasteiger partial charge in [0.2, 0.25) is 0 Å². The van der Waals surface area contributed by atoms with Gasteiger partial charge in [-0.3, -0.25) is 4.90 Å². The third-order valence-corrected chi connectivity index (χ3v) is 4.67. The molecule has 0 spiro atoms. The molecular weight excluding hydrogens is 372 g/mol. The van der Waals surface area contributed by atoms with E-state index in [0.717, 1.165) is 54.8 Å². The zero-order valence-electron chi connectivity index (χ0n) is 15.3. The largest absolute Gasteiger partial charge is 0.473 e. The van der Waals surface area contributed by atoms with Crippen molar-refractivity contribution >= 4 is 23.5 Å². The maximum atomic E-state index is 9.10. The first-order valence-corrected chi connectivity index (χ1v) is 8.84. The quantitative estimate of drug-likeness (QED) is 0.765. The van der Waals surface area contributed by atoms with Gasteiger partial charge in [0.05, 0.1) is 11.4 Å². The lowest BCUT2D eigenvalue weighted by atomic mass is 10.2. The minimum absolute atomic E-state index is 0.734. The third kappa shape index (κ3) is 5.78. The van der Waals surface area contributed by atoms with Gasteiger partial charge in [-0.25, -0.2) is 14.3 Å². The Morgan fingerprint density at radius 3 is 2.15 bits per heavy atom. The standard InChI is InChI=1S/C16H21ClN4.C2H2O4/c1-13-15(12-20-10-8-19(2)9-11-20)16(17)21(18-13)14-6-4-3-5-7-14;3-1(4)2(5)6/h3-7H,8-12H2,1-2H3;(H,3,4)(H,5,6). The third-order valence-electron chi connectivity index (χ3n) is 4.28. The molecule has 0 aliphatic carbocycles. The number of aliphatic carboxylic acids is 2. The second kappa shape index (κ2) is 9.50. The van der Waals surface area contributed by atoms with E-state index in [1.165, 1.54) is 0 Å². The van der Waals surface area contributed by atoms with Crippen LogP contribution in [0.4, 0.5) is 0 Å². The summed E-state index contributed by atoms with van der Waals surface area (Å²) >= 11 is 6.58. The molecule has 2 heterocycles. The predicted molar refractivity (Wildman–Crippen MR) is 101 cm³/mol. The molecule has 0 saturated carbocycles. The number of aryl methyl sites for hydroxylation is 1. The number of benzene rings is 1. The van der Waals surface area contributed by atoms with Gasteiger partial charge in [-0.15, -0.1) is 0 Å².